The van der Waals surface area contributed by atoms with Crippen LogP contribution in [0.15, 0.2) is 47.3 Å². The number of unbranched alkanes of at least 4 members (excludes halogenated alkanes) is 1. The normalized spacial score (nSPS) is 14.9. The Labute approximate surface area is 179 Å². The van der Waals surface area contributed by atoms with Gasteiger partial charge in [0.1, 0.15) is 5.82 Å². The van der Waals surface area contributed by atoms with Gasteiger partial charge < -0.3 is 9.64 Å². The maximum atomic E-state index is 13.5. The Morgan fingerprint density at radius 2 is 1.83 bits per heavy atom. The lowest BCUT2D eigenvalue weighted by Gasteiger charge is -2.36. The molecule has 0 atom stereocenters. The van der Waals surface area contributed by atoms with E-state index < -0.39 is 0 Å². The third kappa shape index (κ3) is 5.82. The van der Waals surface area contributed by atoms with Crippen LogP contribution in [0.4, 0.5) is 10.1 Å². The summed E-state index contributed by atoms with van der Waals surface area (Å²) in [5, 5.41) is 0. The molecule has 5 heteroatoms. The van der Waals surface area contributed by atoms with Crippen molar-refractivity contribution >= 4 is 5.69 Å². The SMILES string of the molecule is CCCCOc1cc(C(C)C)ccc(CN2CCN(c3cccc(F)c3)CC2)c1=O. The van der Waals surface area contributed by atoms with Crippen molar-refractivity contribution < 1.29 is 9.13 Å². The maximum Gasteiger partial charge on any atom is 0.224 e. The van der Waals surface area contributed by atoms with E-state index in [1.807, 2.05) is 18.2 Å². The number of ether oxygens (including phenoxy) is 1. The number of hydrogen-bond donors (Lipinski definition) is 0. The molecule has 30 heavy (non-hydrogen) atoms. The molecule has 0 unspecified atom stereocenters. The summed E-state index contributed by atoms with van der Waals surface area (Å²) in [5.74, 6) is 0.581. The fourth-order valence-corrected chi connectivity index (χ4v) is 3.69. The van der Waals surface area contributed by atoms with Gasteiger partial charge in [-0.1, -0.05) is 45.4 Å². The van der Waals surface area contributed by atoms with Gasteiger partial charge in [-0.3, -0.25) is 9.69 Å². The zero-order valence-corrected chi connectivity index (χ0v) is 18.4. The maximum absolute atomic E-state index is 13.5. The smallest absolute Gasteiger partial charge is 0.224 e. The third-order valence-electron chi connectivity index (χ3n) is 5.65. The highest BCUT2D eigenvalue weighted by Gasteiger charge is 2.19. The van der Waals surface area contributed by atoms with Gasteiger partial charge in [0.15, 0.2) is 5.75 Å². The predicted octanol–water partition coefficient (Wildman–Crippen LogP) is 4.81. The second kappa shape index (κ2) is 10.6. The molecule has 0 aliphatic carbocycles. The Kier molecular flexibility index (Phi) is 7.86. The number of halogens is 1. The predicted molar refractivity (Wildman–Crippen MR) is 121 cm³/mol. The largest absolute Gasteiger partial charge is 0.489 e. The molecule has 1 fully saturated rings. The van der Waals surface area contributed by atoms with Crippen LogP contribution in [0.3, 0.4) is 0 Å². The molecule has 4 nitrogen and oxygen atoms in total. The lowest BCUT2D eigenvalue weighted by molar-refractivity contribution is 0.248. The molecule has 0 radical (unpaired) electrons. The van der Waals surface area contributed by atoms with Crippen molar-refractivity contribution in [3.8, 4) is 5.75 Å². The summed E-state index contributed by atoms with van der Waals surface area (Å²) in [5.41, 5.74) is 2.79. The van der Waals surface area contributed by atoms with Gasteiger partial charge in [0.25, 0.3) is 0 Å². The van der Waals surface area contributed by atoms with Crippen LogP contribution in [0.1, 0.15) is 50.7 Å². The first-order valence-electron chi connectivity index (χ1n) is 11.0. The van der Waals surface area contributed by atoms with Gasteiger partial charge in [-0.25, -0.2) is 4.39 Å². The highest BCUT2D eigenvalue weighted by Crippen LogP contribution is 2.20. The summed E-state index contributed by atoms with van der Waals surface area (Å²) in [7, 11) is 0. The molecule has 1 aliphatic rings. The number of anilines is 1. The topological polar surface area (TPSA) is 32.8 Å². The van der Waals surface area contributed by atoms with Gasteiger partial charge in [-0.15, -0.1) is 0 Å². The van der Waals surface area contributed by atoms with Crippen LogP contribution < -0.4 is 15.1 Å². The van der Waals surface area contributed by atoms with Crippen molar-refractivity contribution in [1.29, 1.82) is 0 Å². The van der Waals surface area contributed by atoms with Crippen LogP contribution in [0.25, 0.3) is 0 Å². The van der Waals surface area contributed by atoms with E-state index in [1.165, 1.54) is 6.07 Å². The summed E-state index contributed by atoms with van der Waals surface area (Å²) in [6.07, 6.45) is 1.97. The monoisotopic (exact) mass is 412 g/mol. The van der Waals surface area contributed by atoms with Crippen molar-refractivity contribution in [3.05, 3.63) is 69.6 Å². The van der Waals surface area contributed by atoms with Gasteiger partial charge in [0.05, 0.1) is 6.61 Å². The van der Waals surface area contributed by atoms with Crippen LogP contribution in [0.2, 0.25) is 0 Å². The molecule has 2 aromatic carbocycles. The minimum atomic E-state index is -0.209. The molecule has 0 spiro atoms. The molecular formula is C25H33FN2O2. The standard InChI is InChI=1S/C25H33FN2O2/c1-4-5-15-30-24-16-20(19(2)3)9-10-21(25(24)29)18-27-11-13-28(14-12-27)23-8-6-7-22(26)17-23/h6-10,16-17,19H,4-5,11-15,18H2,1-3H3. The van der Waals surface area contributed by atoms with E-state index in [-0.39, 0.29) is 11.2 Å². The summed E-state index contributed by atoms with van der Waals surface area (Å²) in [6, 6.07) is 12.7. The van der Waals surface area contributed by atoms with Gasteiger partial charge in [-0.05, 0) is 42.2 Å². The second-order valence-electron chi connectivity index (χ2n) is 8.30. The number of hydrogen-bond acceptors (Lipinski definition) is 4. The van der Waals surface area contributed by atoms with E-state index in [0.717, 1.165) is 55.8 Å². The van der Waals surface area contributed by atoms with Gasteiger partial charge in [0, 0.05) is 44.0 Å². The van der Waals surface area contributed by atoms with Crippen LogP contribution in [0, 0.1) is 5.82 Å². The fraction of sp³-hybridized carbons (Fsp3) is 0.480. The van der Waals surface area contributed by atoms with E-state index in [9.17, 15) is 9.18 Å². The first-order valence-corrected chi connectivity index (χ1v) is 11.0. The van der Waals surface area contributed by atoms with E-state index >= 15 is 0 Å². The van der Waals surface area contributed by atoms with Crippen molar-refractivity contribution in [2.45, 2.75) is 46.1 Å². The minimum Gasteiger partial charge on any atom is -0.489 e. The van der Waals surface area contributed by atoms with Crippen molar-refractivity contribution in [1.82, 2.24) is 4.90 Å². The van der Waals surface area contributed by atoms with E-state index in [4.69, 9.17) is 4.74 Å². The lowest BCUT2D eigenvalue weighted by atomic mass is 10.1. The molecule has 1 heterocycles. The van der Waals surface area contributed by atoms with Crippen LogP contribution in [-0.4, -0.2) is 37.7 Å². The zero-order chi connectivity index (χ0) is 21.5. The molecule has 0 amide bonds. The quantitative estimate of drug-likeness (QED) is 0.583. The summed E-state index contributed by atoms with van der Waals surface area (Å²) in [6.45, 7) is 10.8. The number of rotatable bonds is 8. The Bertz CT molecular complexity index is 892. The molecule has 0 aromatic heterocycles. The molecule has 0 saturated carbocycles. The average Bonchev–Trinajstić information content (AvgIpc) is 2.89. The molecule has 2 aromatic rings. The third-order valence-corrected chi connectivity index (χ3v) is 5.65. The fourth-order valence-electron chi connectivity index (χ4n) is 3.69. The lowest BCUT2D eigenvalue weighted by Crippen LogP contribution is -2.46. The summed E-state index contributed by atoms with van der Waals surface area (Å²) in [4.78, 5) is 17.6. The molecule has 3 rings (SSSR count). The van der Waals surface area contributed by atoms with Gasteiger partial charge >= 0.3 is 0 Å². The van der Waals surface area contributed by atoms with Crippen LogP contribution in [-0.2, 0) is 6.54 Å². The molecule has 162 valence electrons. The number of benzene rings is 1. The van der Waals surface area contributed by atoms with Crippen LogP contribution in [0.5, 0.6) is 5.75 Å². The molecule has 1 aliphatic heterocycles. The zero-order valence-electron chi connectivity index (χ0n) is 18.4. The molecule has 1 saturated heterocycles. The van der Waals surface area contributed by atoms with Crippen molar-refractivity contribution in [3.63, 3.8) is 0 Å². The summed E-state index contributed by atoms with van der Waals surface area (Å²) >= 11 is 0. The highest BCUT2D eigenvalue weighted by molar-refractivity contribution is 5.47. The Morgan fingerprint density at radius 3 is 2.50 bits per heavy atom. The number of piperazine rings is 1. The van der Waals surface area contributed by atoms with E-state index in [2.05, 4.69) is 36.6 Å². The first kappa shape index (κ1) is 22.3. The Balaban J connectivity index is 1.72. The second-order valence-corrected chi connectivity index (χ2v) is 8.30. The highest BCUT2D eigenvalue weighted by atomic mass is 19.1. The number of nitrogens with zero attached hydrogens (tertiary/aromatic N) is 2. The van der Waals surface area contributed by atoms with Crippen molar-refractivity contribution in [2.24, 2.45) is 0 Å². The summed E-state index contributed by atoms with van der Waals surface area (Å²) < 4.78 is 19.4. The first-order chi connectivity index (χ1) is 14.5. The van der Waals surface area contributed by atoms with Gasteiger partial charge in [-0.2, -0.15) is 0 Å². The Hall–Kier alpha value is -2.40. The molecular weight excluding hydrogens is 379 g/mol. The van der Waals surface area contributed by atoms with Crippen LogP contribution >= 0.6 is 0 Å². The molecule has 0 N–H and O–H groups in total. The van der Waals surface area contributed by atoms with Gasteiger partial charge in [0.2, 0.25) is 5.43 Å². The van der Waals surface area contributed by atoms with E-state index in [0.29, 0.717) is 24.8 Å². The molecule has 0 bridgehead atoms. The van der Waals surface area contributed by atoms with E-state index in [1.54, 1.807) is 12.1 Å². The average molecular weight is 413 g/mol. The Morgan fingerprint density at radius 1 is 1.07 bits per heavy atom. The minimum absolute atomic E-state index is 0.00874. The van der Waals surface area contributed by atoms with Crippen molar-refractivity contribution in [2.75, 3.05) is 37.7 Å².